The van der Waals surface area contributed by atoms with Crippen LogP contribution < -0.4 is 24.8 Å². The Balaban J connectivity index is 0.00000128. The summed E-state index contributed by atoms with van der Waals surface area (Å²) in [6, 6.07) is 26.8. The molecule has 0 saturated carbocycles. The third kappa shape index (κ3) is 3.60. The first-order chi connectivity index (χ1) is 13.7. The number of allylic oxidation sites excluding steroid dienone is 3. The summed E-state index contributed by atoms with van der Waals surface area (Å²) in [4.78, 5) is 0. The molecule has 0 heterocycles. The van der Waals surface area contributed by atoms with Gasteiger partial charge in [-0.15, -0.1) is 0 Å². The SMILES string of the molecule is CCC1=C(C2C(C)=Cc3ccccc32)c2c(-c3ccccc3)cccc2[CH]1[Zr+2].[Cl-].[Cl-]. The molecule has 2 aliphatic carbocycles. The molecule has 3 heteroatoms. The first-order valence-corrected chi connectivity index (χ1v) is 11.5. The Morgan fingerprint density at radius 2 is 1.47 bits per heavy atom. The van der Waals surface area contributed by atoms with E-state index in [1.807, 2.05) is 0 Å². The second-order valence-electron chi connectivity index (χ2n) is 7.81. The van der Waals surface area contributed by atoms with Gasteiger partial charge in [-0.1, -0.05) is 0 Å². The Hall–Kier alpha value is -1.40. The summed E-state index contributed by atoms with van der Waals surface area (Å²) in [5, 5.41) is 0. The van der Waals surface area contributed by atoms with Crippen molar-refractivity contribution in [3.8, 4) is 11.1 Å². The molecule has 0 radical (unpaired) electrons. The van der Waals surface area contributed by atoms with Crippen LogP contribution in [0.5, 0.6) is 0 Å². The molecule has 0 fully saturated rings. The maximum absolute atomic E-state index is 2.39. The first-order valence-electron chi connectivity index (χ1n) is 10.1. The second kappa shape index (κ2) is 9.39. The smallest absolute Gasteiger partial charge is 1.00 e. The molecular weight excluding hydrogens is 486 g/mol. The van der Waals surface area contributed by atoms with E-state index in [1.165, 1.54) is 39.0 Å². The van der Waals surface area contributed by atoms with Gasteiger partial charge in [-0.2, -0.15) is 0 Å². The molecule has 0 saturated heterocycles. The Morgan fingerprint density at radius 1 is 0.800 bits per heavy atom. The van der Waals surface area contributed by atoms with E-state index in [4.69, 9.17) is 0 Å². The van der Waals surface area contributed by atoms with Gasteiger partial charge in [-0.25, -0.2) is 0 Å². The van der Waals surface area contributed by atoms with Crippen molar-refractivity contribution >= 4 is 11.6 Å². The van der Waals surface area contributed by atoms with Crippen LogP contribution in [0.1, 0.15) is 52.1 Å². The van der Waals surface area contributed by atoms with Gasteiger partial charge in [0, 0.05) is 0 Å². The van der Waals surface area contributed by atoms with Crippen LogP contribution in [-0.2, 0) is 24.7 Å². The minimum Gasteiger partial charge on any atom is -1.00 e. The summed E-state index contributed by atoms with van der Waals surface area (Å²) in [6.45, 7) is 4.65. The van der Waals surface area contributed by atoms with Gasteiger partial charge in [-0.3, -0.25) is 0 Å². The molecule has 0 amide bonds. The number of hydrogen-bond donors (Lipinski definition) is 0. The average molecular weight is 510 g/mol. The van der Waals surface area contributed by atoms with Crippen molar-refractivity contribution in [2.45, 2.75) is 29.8 Å². The molecule has 0 N–H and O–H groups in total. The number of hydrogen-bond acceptors (Lipinski definition) is 0. The summed E-state index contributed by atoms with van der Waals surface area (Å²) >= 11 is 1.60. The zero-order valence-electron chi connectivity index (χ0n) is 17.1. The summed E-state index contributed by atoms with van der Waals surface area (Å²) in [5.74, 6) is 0.389. The maximum Gasteiger partial charge on any atom is -1.00 e. The molecule has 3 aromatic rings. The molecule has 0 aromatic heterocycles. The van der Waals surface area contributed by atoms with Crippen molar-refractivity contribution < 1.29 is 49.5 Å². The second-order valence-corrected chi connectivity index (χ2v) is 9.23. The Kier molecular flexibility index (Phi) is 7.29. The zero-order valence-corrected chi connectivity index (χ0v) is 21.1. The largest absolute Gasteiger partial charge is 1.00 e. The number of halogens is 2. The van der Waals surface area contributed by atoms with E-state index in [9.17, 15) is 0 Å². The molecule has 0 nitrogen and oxygen atoms in total. The predicted molar refractivity (Wildman–Crippen MR) is 115 cm³/mol. The van der Waals surface area contributed by atoms with Crippen molar-refractivity contribution in [2.24, 2.45) is 0 Å². The molecular formula is C27H23Cl2Zr. The molecule has 2 aliphatic rings. The summed E-state index contributed by atoms with van der Waals surface area (Å²) in [5.41, 5.74) is 13.3. The third-order valence-corrected chi connectivity index (χ3v) is 7.89. The molecule has 0 aliphatic heterocycles. The van der Waals surface area contributed by atoms with Crippen LogP contribution in [0.4, 0.5) is 0 Å². The van der Waals surface area contributed by atoms with Crippen LogP contribution in [0.15, 0.2) is 83.9 Å². The number of fused-ring (bicyclic) bond motifs is 2. The molecule has 30 heavy (non-hydrogen) atoms. The van der Waals surface area contributed by atoms with Crippen LogP contribution in [0.3, 0.4) is 0 Å². The summed E-state index contributed by atoms with van der Waals surface area (Å²) in [7, 11) is 0. The molecule has 3 aromatic carbocycles. The molecule has 0 bridgehead atoms. The van der Waals surface area contributed by atoms with Crippen LogP contribution in [0.25, 0.3) is 22.8 Å². The molecule has 149 valence electrons. The van der Waals surface area contributed by atoms with Gasteiger partial charge >= 0.3 is 184 Å². The first kappa shape index (κ1) is 23.3. The van der Waals surface area contributed by atoms with Gasteiger partial charge in [0.25, 0.3) is 0 Å². The van der Waals surface area contributed by atoms with Gasteiger partial charge in [0.05, 0.1) is 0 Å². The van der Waals surface area contributed by atoms with E-state index in [0.717, 1.165) is 6.42 Å². The van der Waals surface area contributed by atoms with E-state index in [0.29, 0.717) is 9.54 Å². The minimum atomic E-state index is 0. The van der Waals surface area contributed by atoms with Crippen LogP contribution >= 0.6 is 0 Å². The fourth-order valence-corrected chi connectivity index (χ4v) is 6.54. The van der Waals surface area contributed by atoms with Gasteiger partial charge in [-0.05, 0) is 0 Å². The van der Waals surface area contributed by atoms with Crippen LogP contribution in [-0.4, -0.2) is 0 Å². The van der Waals surface area contributed by atoms with Crippen molar-refractivity contribution in [3.05, 3.63) is 106 Å². The standard InChI is InChI=1S/C27H23.2ClH.Zr/c1-3-19-17-22-13-9-15-23(20-10-5-4-6-11-20)26(22)27(19)25-18(2)16-21-12-7-8-14-24(21)25;;;/h4-17,25H,3H2,1-2H3;2*1H;/q;;;+2/p-2. The molecule has 0 spiro atoms. The van der Waals surface area contributed by atoms with Crippen molar-refractivity contribution in [2.75, 3.05) is 0 Å². The van der Waals surface area contributed by atoms with Crippen LogP contribution in [0.2, 0.25) is 0 Å². The zero-order chi connectivity index (χ0) is 19.3. The summed E-state index contributed by atoms with van der Waals surface area (Å²) in [6.07, 6.45) is 3.52. The minimum absolute atomic E-state index is 0. The monoisotopic (exact) mass is 507 g/mol. The Bertz CT molecular complexity index is 1130. The van der Waals surface area contributed by atoms with Gasteiger partial charge < -0.3 is 24.8 Å². The fraction of sp³-hybridized carbons (Fsp3) is 0.185. The fourth-order valence-electron chi connectivity index (χ4n) is 5.06. The van der Waals surface area contributed by atoms with E-state index < -0.39 is 0 Å². The number of rotatable bonds is 3. The third-order valence-electron chi connectivity index (χ3n) is 6.27. The van der Waals surface area contributed by atoms with Crippen LogP contribution in [0, 0.1) is 0 Å². The predicted octanol–water partition coefficient (Wildman–Crippen LogP) is 1.33. The van der Waals surface area contributed by atoms with Crippen molar-refractivity contribution in [3.63, 3.8) is 0 Å². The average Bonchev–Trinajstić information content (AvgIpc) is 3.21. The van der Waals surface area contributed by atoms with Gasteiger partial charge in [0.2, 0.25) is 0 Å². The van der Waals surface area contributed by atoms with Gasteiger partial charge in [0.15, 0.2) is 0 Å². The quantitative estimate of drug-likeness (QED) is 0.500. The number of benzene rings is 3. The van der Waals surface area contributed by atoms with E-state index in [2.05, 4.69) is 92.7 Å². The normalized spacial score (nSPS) is 18.9. The van der Waals surface area contributed by atoms with E-state index >= 15 is 0 Å². The molecule has 5 rings (SSSR count). The van der Waals surface area contributed by atoms with Crippen molar-refractivity contribution in [1.29, 1.82) is 0 Å². The Morgan fingerprint density at radius 3 is 2.20 bits per heavy atom. The van der Waals surface area contributed by atoms with Gasteiger partial charge in [0.1, 0.15) is 0 Å². The summed E-state index contributed by atoms with van der Waals surface area (Å²) < 4.78 is 0.575. The Labute approximate surface area is 207 Å². The van der Waals surface area contributed by atoms with Crippen molar-refractivity contribution in [1.82, 2.24) is 0 Å². The molecule has 2 unspecified atom stereocenters. The molecule has 2 atom stereocenters. The van der Waals surface area contributed by atoms with E-state index in [-0.39, 0.29) is 24.8 Å². The topological polar surface area (TPSA) is 0 Å². The van der Waals surface area contributed by atoms with E-state index in [1.54, 1.807) is 35.9 Å². The maximum atomic E-state index is 2.39.